The van der Waals surface area contributed by atoms with E-state index in [0.29, 0.717) is 25.5 Å². The van der Waals surface area contributed by atoms with Crippen LogP contribution in [-0.2, 0) is 16.2 Å². The number of non-ortho nitro benzene ring substituents is 1. The second-order valence-electron chi connectivity index (χ2n) is 7.44. The van der Waals surface area contributed by atoms with Crippen LogP contribution in [-0.4, -0.2) is 22.8 Å². The van der Waals surface area contributed by atoms with E-state index in [-0.39, 0.29) is 29.3 Å². The Morgan fingerprint density at radius 1 is 0.972 bits per heavy atom. The molecule has 12 heteroatoms. The van der Waals surface area contributed by atoms with Crippen molar-refractivity contribution in [3.05, 3.63) is 103 Å². The van der Waals surface area contributed by atoms with E-state index in [1.54, 1.807) is 30.3 Å². The lowest BCUT2D eigenvalue weighted by Crippen LogP contribution is -2.54. The van der Waals surface area contributed by atoms with E-state index >= 15 is 0 Å². The van der Waals surface area contributed by atoms with Gasteiger partial charge in [-0.05, 0) is 42.5 Å². The highest BCUT2D eigenvalue weighted by Crippen LogP contribution is 2.30. The summed E-state index contributed by atoms with van der Waals surface area (Å²) in [4.78, 5) is 49.3. The molecule has 0 bridgehead atoms. The van der Waals surface area contributed by atoms with Gasteiger partial charge in [0.25, 0.3) is 17.5 Å². The van der Waals surface area contributed by atoms with Gasteiger partial charge >= 0.3 is 6.03 Å². The molecule has 0 unspecified atom stereocenters. The number of urea groups is 1. The molecular weight excluding hydrogens is 533 g/mol. The first-order valence-corrected chi connectivity index (χ1v) is 11.3. The number of halogens is 3. The highest BCUT2D eigenvalue weighted by atomic mass is 35.5. The van der Waals surface area contributed by atoms with Crippen LogP contribution in [0.1, 0.15) is 11.1 Å². The van der Waals surface area contributed by atoms with Crippen LogP contribution in [0.25, 0.3) is 6.08 Å². The third-order valence-electron chi connectivity index (χ3n) is 5.07. The molecule has 3 aromatic rings. The quantitative estimate of drug-likeness (QED) is 0.181. The predicted octanol–water partition coefficient (Wildman–Crippen LogP) is 5.80. The molecule has 0 radical (unpaired) electrons. The van der Waals surface area contributed by atoms with E-state index in [1.165, 1.54) is 30.3 Å². The molecular formula is C24H14Cl3N3O6. The molecule has 4 amide bonds. The monoisotopic (exact) mass is 545 g/mol. The van der Waals surface area contributed by atoms with Gasteiger partial charge in [0.05, 0.1) is 10.6 Å². The highest BCUT2D eigenvalue weighted by Gasteiger charge is 2.37. The Balaban J connectivity index is 1.68. The second-order valence-corrected chi connectivity index (χ2v) is 8.72. The number of nitrogens with zero attached hydrogens (tertiary/aromatic N) is 2. The predicted molar refractivity (Wildman–Crippen MR) is 134 cm³/mol. The van der Waals surface area contributed by atoms with E-state index in [4.69, 9.17) is 39.5 Å². The van der Waals surface area contributed by atoms with Gasteiger partial charge in [-0.1, -0.05) is 46.9 Å². The first-order chi connectivity index (χ1) is 17.1. The number of anilines is 1. The van der Waals surface area contributed by atoms with E-state index in [9.17, 15) is 24.5 Å². The molecule has 1 saturated heterocycles. The number of imide groups is 2. The number of nitrogens with one attached hydrogen (secondary N) is 1. The zero-order chi connectivity index (χ0) is 26.0. The van der Waals surface area contributed by atoms with Gasteiger partial charge in [-0.15, -0.1) is 0 Å². The van der Waals surface area contributed by atoms with Gasteiger partial charge in [-0.25, -0.2) is 9.69 Å². The maximum Gasteiger partial charge on any atom is 0.335 e. The van der Waals surface area contributed by atoms with Crippen molar-refractivity contribution in [1.82, 2.24) is 5.32 Å². The molecule has 36 heavy (non-hydrogen) atoms. The van der Waals surface area contributed by atoms with E-state index in [2.05, 4.69) is 5.32 Å². The number of barbiturate groups is 1. The third-order valence-corrected chi connectivity index (χ3v) is 5.89. The zero-order valence-corrected chi connectivity index (χ0v) is 20.3. The van der Waals surface area contributed by atoms with Crippen LogP contribution in [0.15, 0.2) is 66.2 Å². The summed E-state index contributed by atoms with van der Waals surface area (Å²) in [6, 6.07) is 13.4. The number of nitro benzene ring substituents is 1. The lowest BCUT2D eigenvalue weighted by molar-refractivity contribution is -0.384. The summed E-state index contributed by atoms with van der Waals surface area (Å²) >= 11 is 18.3. The normalized spacial score (nSPS) is 14.7. The minimum Gasteiger partial charge on any atom is -0.488 e. The molecule has 4 rings (SSSR count). The third kappa shape index (κ3) is 5.33. The number of carbonyl (C=O) groups is 3. The van der Waals surface area contributed by atoms with Crippen molar-refractivity contribution < 1.29 is 24.0 Å². The van der Waals surface area contributed by atoms with Crippen molar-refractivity contribution in [2.75, 3.05) is 4.90 Å². The molecule has 0 aromatic heterocycles. The summed E-state index contributed by atoms with van der Waals surface area (Å²) in [7, 11) is 0. The standard InChI is InChI=1S/C24H14Cl3N3O6/c25-15-6-7-21(36-12-13-4-5-16(26)10-20(13)27)14(8-15)9-19-22(31)28-24(33)29(23(19)32)17-2-1-3-18(11-17)30(34)35/h1-11H,12H2,(H,28,31,33)/b19-9+. The molecule has 1 aliphatic rings. The lowest BCUT2D eigenvalue weighted by atomic mass is 10.1. The molecule has 1 aliphatic heterocycles. The van der Waals surface area contributed by atoms with Crippen molar-refractivity contribution >= 4 is 70.1 Å². The van der Waals surface area contributed by atoms with Crippen LogP contribution in [0.4, 0.5) is 16.2 Å². The molecule has 0 atom stereocenters. The molecule has 0 spiro atoms. The fourth-order valence-electron chi connectivity index (χ4n) is 3.35. The molecule has 0 saturated carbocycles. The number of ether oxygens (including phenoxy) is 1. The Morgan fingerprint density at radius 2 is 1.69 bits per heavy atom. The Morgan fingerprint density at radius 3 is 2.42 bits per heavy atom. The van der Waals surface area contributed by atoms with Crippen molar-refractivity contribution in [1.29, 1.82) is 0 Å². The largest absolute Gasteiger partial charge is 0.488 e. The van der Waals surface area contributed by atoms with Gasteiger partial charge in [0, 0.05) is 38.3 Å². The fourth-order valence-corrected chi connectivity index (χ4v) is 3.99. The molecule has 182 valence electrons. The molecule has 1 fully saturated rings. The van der Waals surface area contributed by atoms with Crippen LogP contribution in [0, 0.1) is 10.1 Å². The molecule has 3 aromatic carbocycles. The summed E-state index contributed by atoms with van der Waals surface area (Å²) in [6.07, 6.45) is 1.22. The fraction of sp³-hybridized carbons (Fsp3) is 0.0417. The van der Waals surface area contributed by atoms with Crippen LogP contribution >= 0.6 is 34.8 Å². The van der Waals surface area contributed by atoms with Crippen molar-refractivity contribution in [3.8, 4) is 5.75 Å². The van der Waals surface area contributed by atoms with Gasteiger partial charge in [-0.2, -0.15) is 0 Å². The molecule has 1 N–H and O–H groups in total. The van der Waals surface area contributed by atoms with E-state index in [0.717, 1.165) is 6.07 Å². The Bertz CT molecular complexity index is 1460. The summed E-state index contributed by atoms with van der Waals surface area (Å²) in [5.41, 5.74) is 0.104. The van der Waals surface area contributed by atoms with E-state index in [1.807, 2.05) is 0 Å². The van der Waals surface area contributed by atoms with Crippen molar-refractivity contribution in [3.63, 3.8) is 0 Å². The number of nitro groups is 1. The summed E-state index contributed by atoms with van der Waals surface area (Å²) in [5, 5.41) is 14.3. The van der Waals surface area contributed by atoms with Crippen molar-refractivity contribution in [2.45, 2.75) is 6.61 Å². The molecule has 1 heterocycles. The van der Waals surface area contributed by atoms with Gasteiger partial charge in [0.15, 0.2) is 0 Å². The van der Waals surface area contributed by atoms with Crippen LogP contribution < -0.4 is 15.0 Å². The number of rotatable bonds is 6. The Labute approximate surface area is 219 Å². The van der Waals surface area contributed by atoms with Crippen LogP contribution in [0.2, 0.25) is 15.1 Å². The Kier molecular flexibility index (Phi) is 7.25. The smallest absolute Gasteiger partial charge is 0.335 e. The lowest BCUT2D eigenvalue weighted by Gasteiger charge is -2.26. The van der Waals surface area contributed by atoms with Crippen molar-refractivity contribution in [2.24, 2.45) is 0 Å². The second kappa shape index (κ2) is 10.4. The van der Waals surface area contributed by atoms with Gasteiger partial charge in [-0.3, -0.25) is 25.0 Å². The van der Waals surface area contributed by atoms with Gasteiger partial charge in [0.1, 0.15) is 17.9 Å². The average Bonchev–Trinajstić information content (AvgIpc) is 2.82. The average molecular weight is 547 g/mol. The maximum absolute atomic E-state index is 13.2. The number of hydrogen-bond acceptors (Lipinski definition) is 6. The van der Waals surface area contributed by atoms with Gasteiger partial charge in [0.2, 0.25) is 0 Å². The number of benzene rings is 3. The summed E-state index contributed by atoms with van der Waals surface area (Å²) in [5.74, 6) is -1.65. The highest BCUT2D eigenvalue weighted by molar-refractivity contribution is 6.39. The molecule has 0 aliphatic carbocycles. The Hall–Kier alpha value is -3.92. The van der Waals surface area contributed by atoms with Crippen LogP contribution in [0.3, 0.4) is 0 Å². The number of carbonyl (C=O) groups excluding carboxylic acids is 3. The summed E-state index contributed by atoms with van der Waals surface area (Å²) in [6.45, 7) is 0.0479. The number of hydrogen-bond donors (Lipinski definition) is 1. The first-order valence-electron chi connectivity index (χ1n) is 10.2. The summed E-state index contributed by atoms with van der Waals surface area (Å²) < 4.78 is 5.86. The van der Waals surface area contributed by atoms with Gasteiger partial charge < -0.3 is 4.74 Å². The minimum atomic E-state index is -1.04. The van der Waals surface area contributed by atoms with Crippen LogP contribution in [0.5, 0.6) is 5.75 Å². The first kappa shape index (κ1) is 25.2. The minimum absolute atomic E-state index is 0.0479. The van der Waals surface area contributed by atoms with E-state index < -0.39 is 28.3 Å². The maximum atomic E-state index is 13.2. The molecule has 9 nitrogen and oxygen atoms in total. The topological polar surface area (TPSA) is 119 Å². The number of amides is 4. The zero-order valence-electron chi connectivity index (χ0n) is 18.0. The SMILES string of the molecule is O=C1NC(=O)N(c2cccc([N+](=O)[O-])c2)C(=O)/C1=C/c1cc(Cl)ccc1OCc1ccc(Cl)cc1Cl.